The molecule has 1 rings (SSSR count). The second kappa shape index (κ2) is 7.15. The van der Waals surface area contributed by atoms with Crippen LogP contribution in [0.3, 0.4) is 0 Å². The Hall–Kier alpha value is -1.54. The zero-order valence-electron chi connectivity index (χ0n) is 10.0. The molecule has 0 aliphatic heterocycles. The maximum atomic E-state index is 13.3. The number of carbonyl (C=O) groups is 1. The van der Waals surface area contributed by atoms with Crippen molar-refractivity contribution in [3.63, 3.8) is 0 Å². The molecule has 106 valence electrons. The molecule has 0 saturated carbocycles. The van der Waals surface area contributed by atoms with E-state index in [1.54, 1.807) is 0 Å². The zero-order valence-corrected chi connectivity index (χ0v) is 10.0. The topological polar surface area (TPSA) is 110 Å². The predicted octanol–water partition coefficient (Wildman–Crippen LogP) is -0.771. The number of carbonyl (C=O) groups excluding carboxylic acids is 1. The van der Waals surface area contributed by atoms with Gasteiger partial charge in [0.25, 0.3) is 5.91 Å². The third-order valence-corrected chi connectivity index (χ3v) is 2.54. The minimum absolute atomic E-state index is 0.143. The molecule has 3 atom stereocenters. The molecule has 0 fully saturated rings. The van der Waals surface area contributed by atoms with Crippen molar-refractivity contribution in [1.82, 2.24) is 0 Å². The van der Waals surface area contributed by atoms with Crippen molar-refractivity contribution in [2.75, 3.05) is 11.9 Å². The van der Waals surface area contributed by atoms with Crippen LogP contribution in [0.25, 0.3) is 0 Å². The lowest BCUT2D eigenvalue weighted by atomic mass is 10.0. The molecule has 0 aliphatic rings. The maximum Gasteiger partial charge on any atom is 0.256 e. The van der Waals surface area contributed by atoms with E-state index < -0.39 is 36.6 Å². The van der Waals surface area contributed by atoms with Crippen molar-refractivity contribution in [3.05, 3.63) is 30.1 Å². The molecule has 0 spiro atoms. The Bertz CT molecular complexity index is 428. The van der Waals surface area contributed by atoms with Gasteiger partial charge in [0.1, 0.15) is 11.9 Å². The number of rotatable bonds is 6. The Balaban J connectivity index is 2.65. The van der Waals surface area contributed by atoms with E-state index >= 15 is 0 Å². The first kappa shape index (κ1) is 15.5. The highest BCUT2D eigenvalue weighted by molar-refractivity contribution is 5.94. The zero-order chi connectivity index (χ0) is 14.4. The van der Waals surface area contributed by atoms with Crippen molar-refractivity contribution in [2.45, 2.75) is 24.7 Å². The summed E-state index contributed by atoms with van der Waals surface area (Å²) in [6.45, 7) is -0.403. The molecule has 0 unspecified atom stereocenters. The summed E-state index contributed by atoms with van der Waals surface area (Å²) >= 11 is 0. The van der Waals surface area contributed by atoms with E-state index in [1.165, 1.54) is 18.2 Å². The van der Waals surface area contributed by atoms with Crippen LogP contribution in [0.15, 0.2) is 24.3 Å². The molecule has 1 aromatic rings. The van der Waals surface area contributed by atoms with Crippen LogP contribution in [0, 0.1) is 5.82 Å². The van der Waals surface area contributed by atoms with Crippen LogP contribution in [0.5, 0.6) is 0 Å². The fourth-order valence-corrected chi connectivity index (χ4v) is 1.44. The summed E-state index contributed by atoms with van der Waals surface area (Å²) < 4.78 is 13.3. The van der Waals surface area contributed by atoms with Crippen molar-refractivity contribution in [2.24, 2.45) is 0 Å². The van der Waals surface area contributed by atoms with Gasteiger partial charge in [-0.05, 0) is 18.6 Å². The quantitative estimate of drug-likeness (QED) is 0.467. The van der Waals surface area contributed by atoms with Crippen LogP contribution in [0.4, 0.5) is 10.1 Å². The molecule has 0 heterocycles. The Labute approximate surface area is 109 Å². The summed E-state index contributed by atoms with van der Waals surface area (Å²) in [5.74, 6) is -1.73. The molecule has 6 nitrogen and oxygen atoms in total. The predicted molar refractivity (Wildman–Crippen MR) is 64.8 cm³/mol. The molecule has 5 N–H and O–H groups in total. The van der Waals surface area contributed by atoms with Crippen molar-refractivity contribution in [1.29, 1.82) is 0 Å². The molecular weight excluding hydrogens is 257 g/mol. The summed E-state index contributed by atoms with van der Waals surface area (Å²) in [6.07, 6.45) is -5.34. The second-order valence-corrected chi connectivity index (χ2v) is 3.98. The summed E-state index contributed by atoms with van der Waals surface area (Å²) in [5.41, 5.74) is -0.143. The minimum atomic E-state index is -1.93. The molecule has 1 amide bonds. The summed E-state index contributed by atoms with van der Waals surface area (Å²) in [5, 5.41) is 39.0. The fraction of sp³-hybridized carbons (Fsp3) is 0.417. The second-order valence-electron chi connectivity index (χ2n) is 3.98. The lowest BCUT2D eigenvalue weighted by molar-refractivity contribution is -0.136. The number of para-hydroxylation sites is 1. The lowest BCUT2D eigenvalue weighted by Crippen LogP contribution is -2.45. The minimum Gasteiger partial charge on any atom is -0.396 e. The van der Waals surface area contributed by atoms with Gasteiger partial charge in [0, 0.05) is 6.61 Å². The summed E-state index contributed by atoms with van der Waals surface area (Å²) in [7, 11) is 0. The standard InChI is InChI=1S/C12H16FNO5/c13-7-3-1-2-4-8(7)14-12(19)11(18)10(17)9(16)5-6-15/h1-4,9-11,15-18H,5-6H2,(H,14,19)/t9-,10+,11-/m1/s1. The first-order valence-corrected chi connectivity index (χ1v) is 5.67. The first-order chi connectivity index (χ1) is 8.97. The third kappa shape index (κ3) is 4.25. The van der Waals surface area contributed by atoms with E-state index in [4.69, 9.17) is 5.11 Å². The molecular formula is C12H16FNO5. The number of amides is 1. The van der Waals surface area contributed by atoms with E-state index in [9.17, 15) is 24.5 Å². The number of hydrogen-bond donors (Lipinski definition) is 5. The van der Waals surface area contributed by atoms with E-state index in [0.717, 1.165) is 6.07 Å². The van der Waals surface area contributed by atoms with Crippen molar-refractivity contribution in [3.8, 4) is 0 Å². The van der Waals surface area contributed by atoms with Crippen molar-refractivity contribution < 1.29 is 29.6 Å². The van der Waals surface area contributed by atoms with Crippen LogP contribution in [0.1, 0.15) is 6.42 Å². The highest BCUT2D eigenvalue weighted by Crippen LogP contribution is 2.14. The molecule has 0 bridgehead atoms. The average Bonchev–Trinajstić information content (AvgIpc) is 2.39. The largest absolute Gasteiger partial charge is 0.396 e. The lowest BCUT2D eigenvalue weighted by Gasteiger charge is -2.21. The van der Waals surface area contributed by atoms with E-state index in [2.05, 4.69) is 5.32 Å². The number of aliphatic hydroxyl groups excluding tert-OH is 4. The van der Waals surface area contributed by atoms with Gasteiger partial charge in [-0.3, -0.25) is 4.79 Å². The number of benzene rings is 1. The highest BCUT2D eigenvalue weighted by atomic mass is 19.1. The van der Waals surface area contributed by atoms with Gasteiger partial charge in [0.15, 0.2) is 6.10 Å². The number of hydrogen-bond acceptors (Lipinski definition) is 5. The third-order valence-electron chi connectivity index (χ3n) is 2.54. The molecule has 0 saturated heterocycles. The van der Waals surface area contributed by atoms with E-state index in [-0.39, 0.29) is 12.1 Å². The smallest absolute Gasteiger partial charge is 0.256 e. The van der Waals surface area contributed by atoms with Gasteiger partial charge in [-0.2, -0.15) is 0 Å². The summed E-state index contributed by atoms with van der Waals surface area (Å²) in [4.78, 5) is 11.6. The molecule has 0 aliphatic carbocycles. The van der Waals surface area contributed by atoms with Gasteiger partial charge in [-0.25, -0.2) is 4.39 Å². The Morgan fingerprint density at radius 2 is 1.89 bits per heavy atom. The van der Waals surface area contributed by atoms with Gasteiger partial charge in [0.05, 0.1) is 11.8 Å². The SMILES string of the molecule is O=C(Nc1ccccc1F)[C@H](O)[C@@H](O)[C@H](O)CCO. The maximum absolute atomic E-state index is 13.3. The van der Waals surface area contributed by atoms with Gasteiger partial charge in [-0.1, -0.05) is 12.1 Å². The number of halogens is 1. The molecule has 7 heteroatoms. The normalized spacial score (nSPS) is 15.6. The van der Waals surface area contributed by atoms with Crippen LogP contribution in [-0.4, -0.2) is 51.3 Å². The number of anilines is 1. The monoisotopic (exact) mass is 273 g/mol. The van der Waals surface area contributed by atoms with Crippen molar-refractivity contribution >= 4 is 11.6 Å². The molecule has 19 heavy (non-hydrogen) atoms. The van der Waals surface area contributed by atoms with Crippen LogP contribution >= 0.6 is 0 Å². The first-order valence-electron chi connectivity index (χ1n) is 5.67. The Morgan fingerprint density at radius 3 is 2.47 bits per heavy atom. The van der Waals surface area contributed by atoms with Crippen LogP contribution in [-0.2, 0) is 4.79 Å². The highest BCUT2D eigenvalue weighted by Gasteiger charge is 2.30. The van der Waals surface area contributed by atoms with E-state index in [1.807, 2.05) is 0 Å². The Kier molecular flexibility index (Phi) is 5.84. The van der Waals surface area contributed by atoms with Gasteiger partial charge >= 0.3 is 0 Å². The van der Waals surface area contributed by atoms with Crippen LogP contribution in [0.2, 0.25) is 0 Å². The summed E-state index contributed by atoms with van der Waals surface area (Å²) in [6, 6.07) is 5.33. The van der Waals surface area contributed by atoms with E-state index in [0.29, 0.717) is 0 Å². The molecule has 0 aromatic heterocycles. The Morgan fingerprint density at radius 1 is 1.26 bits per heavy atom. The number of nitrogens with one attached hydrogen (secondary N) is 1. The van der Waals surface area contributed by atoms with Gasteiger partial charge in [-0.15, -0.1) is 0 Å². The van der Waals surface area contributed by atoms with Gasteiger partial charge < -0.3 is 25.7 Å². The average molecular weight is 273 g/mol. The van der Waals surface area contributed by atoms with Gasteiger partial charge in [0.2, 0.25) is 0 Å². The number of aliphatic hydroxyl groups is 4. The fourth-order valence-electron chi connectivity index (χ4n) is 1.44. The molecule has 1 aromatic carbocycles. The molecule has 0 radical (unpaired) electrons. The van der Waals surface area contributed by atoms with Crippen LogP contribution < -0.4 is 5.32 Å².